The van der Waals surface area contributed by atoms with Gasteiger partial charge in [-0.15, -0.1) is 0 Å². The molecule has 0 saturated carbocycles. The number of benzene rings is 4. The first-order valence-corrected chi connectivity index (χ1v) is 35.0. The molecule has 8 bridgehead atoms. The van der Waals surface area contributed by atoms with Gasteiger partial charge in [-0.1, -0.05) is 0 Å². The SMILES string of the molecule is CCN(CC)c1nc2cc3c(cc2nc1N(CC)CC)-c1nc-3nc2[nH]c(nc3nc(nc4[nH]c(n1)c1cc5nc(N(CC)CC)c(N(CC)CC)nc5cc41)-c1cc4nc(N(CC)CC)c(N(CC)CC)nc4cc1-3)c1cc3nc(N(CC)CC)c(N(CC)CC)nc3cc21. The third-order valence-corrected chi connectivity index (χ3v) is 19.3. The van der Waals surface area contributed by atoms with Crippen molar-refractivity contribution in [2.45, 2.75) is 111 Å². The highest BCUT2D eigenvalue weighted by Crippen LogP contribution is 2.43. The van der Waals surface area contributed by atoms with Crippen molar-refractivity contribution in [1.29, 1.82) is 0 Å². The van der Waals surface area contributed by atoms with Gasteiger partial charge in [-0.3, -0.25) is 0 Å². The van der Waals surface area contributed by atoms with Crippen molar-refractivity contribution in [3.63, 3.8) is 0 Å². The highest BCUT2D eigenvalue weighted by Gasteiger charge is 2.30. The van der Waals surface area contributed by atoms with Gasteiger partial charge in [0.2, 0.25) is 0 Å². The Morgan fingerprint density at radius 1 is 0.198 bits per heavy atom. The van der Waals surface area contributed by atoms with E-state index < -0.39 is 0 Å². The fraction of sp³-hybridized carbons (Fsp3) is 0.444. The molecule has 11 aromatic rings. The predicted octanol–water partition coefficient (Wildman–Crippen LogP) is 13.4. The minimum atomic E-state index is 0.431. The van der Waals surface area contributed by atoms with E-state index in [1.807, 2.05) is 0 Å². The molecule has 9 heterocycles. The number of nitrogens with one attached hydrogen (secondary N) is 2. The van der Waals surface area contributed by atoms with Crippen molar-refractivity contribution in [1.82, 2.24) is 79.7 Å². The van der Waals surface area contributed by atoms with E-state index in [2.05, 4.69) is 208 Å². The molecule has 498 valence electrons. The fourth-order valence-corrected chi connectivity index (χ4v) is 13.8. The normalized spacial score (nSPS) is 12.0. The molecule has 96 heavy (non-hydrogen) atoms. The minimum Gasteiger partial charge on any atom is -0.354 e. The Bertz CT molecular complexity index is 4340. The van der Waals surface area contributed by atoms with E-state index in [0.29, 0.717) is 68.0 Å². The lowest BCUT2D eigenvalue weighted by atomic mass is 10.1. The van der Waals surface area contributed by atoms with E-state index in [4.69, 9.17) is 69.8 Å². The Labute approximate surface area is 560 Å². The molecule has 4 aromatic carbocycles. The van der Waals surface area contributed by atoms with Crippen molar-refractivity contribution < 1.29 is 0 Å². The van der Waals surface area contributed by atoms with Crippen LogP contribution in [0.3, 0.4) is 0 Å². The number of H-pyrrole nitrogens is 2. The second-order valence-corrected chi connectivity index (χ2v) is 24.0. The lowest BCUT2D eigenvalue weighted by Crippen LogP contribution is -2.30. The molecule has 0 aliphatic carbocycles. The van der Waals surface area contributed by atoms with Crippen LogP contribution in [-0.4, -0.2) is 184 Å². The summed E-state index contributed by atoms with van der Waals surface area (Å²) in [6, 6.07) is 16.6. The quantitative estimate of drug-likeness (QED) is 0.0572. The van der Waals surface area contributed by atoms with Gasteiger partial charge in [0.25, 0.3) is 0 Å². The van der Waals surface area contributed by atoms with Crippen LogP contribution in [0, 0.1) is 0 Å². The summed E-state index contributed by atoms with van der Waals surface area (Å²) in [5.41, 5.74) is 10.8. The first-order valence-electron chi connectivity index (χ1n) is 35.0. The van der Waals surface area contributed by atoms with E-state index in [-0.39, 0.29) is 0 Å². The van der Waals surface area contributed by atoms with Gasteiger partial charge in [0.15, 0.2) is 69.8 Å². The standard InChI is InChI=1S/C72H90N24/c1-17-89(18-2)65-66(90(19-3)20-4)74-50-34-42-41(33-49(50)73-65)57-81-58(42)86-60-45-37-53-54(78-70(94(27-11)28-12)69(77-53)93(25-9)26-10)38-46(45)62(83-60)88-64-48-40-56-55(79-71(95(29-13)30-14)72(80-56)96(31-15)32-16)39-47(48)63(84-64)87-61-44-36-52-51(35-43(44)59(82-61)85-57)75-67(91(21-5)22-6)68(76-52)92(23-7)24-8/h33-40H,17-32H2,1-16H3,(H2,81,82,83,84,85,86,87,88). The van der Waals surface area contributed by atoms with Crippen LogP contribution >= 0.6 is 0 Å². The maximum absolute atomic E-state index is 5.60. The van der Waals surface area contributed by atoms with Crippen LogP contribution in [0.25, 0.3) is 134 Å². The Hall–Kier alpha value is -10.0. The third kappa shape index (κ3) is 10.9. The molecule has 7 aromatic heterocycles. The van der Waals surface area contributed by atoms with Gasteiger partial charge in [0.05, 0.1) is 44.1 Å². The van der Waals surface area contributed by atoms with E-state index in [9.17, 15) is 0 Å². The monoisotopic (exact) mass is 1290 g/mol. The van der Waals surface area contributed by atoms with Crippen LogP contribution < -0.4 is 39.2 Å². The van der Waals surface area contributed by atoms with Crippen LogP contribution in [0.5, 0.6) is 0 Å². The first-order chi connectivity index (χ1) is 46.8. The summed E-state index contributed by atoms with van der Waals surface area (Å²) in [4.78, 5) is 103. The second kappa shape index (κ2) is 26.7. The molecule has 24 nitrogen and oxygen atoms in total. The van der Waals surface area contributed by atoms with Crippen LogP contribution in [0.2, 0.25) is 0 Å². The van der Waals surface area contributed by atoms with Gasteiger partial charge in [-0.25, -0.2) is 69.8 Å². The Balaban J connectivity index is 1.20. The number of anilines is 8. The number of fused-ring (bicyclic) bond motifs is 24. The lowest BCUT2D eigenvalue weighted by Gasteiger charge is -2.28. The van der Waals surface area contributed by atoms with Crippen LogP contribution in [0.1, 0.15) is 111 Å². The Morgan fingerprint density at radius 3 is 0.490 bits per heavy atom. The highest BCUT2D eigenvalue weighted by molar-refractivity contribution is 6.12. The fourth-order valence-electron chi connectivity index (χ4n) is 13.8. The molecular formula is C72H90N24. The molecule has 0 fully saturated rings. The Kier molecular flexibility index (Phi) is 18.0. The van der Waals surface area contributed by atoms with E-state index in [1.54, 1.807) is 0 Å². The number of hydrogen-bond donors (Lipinski definition) is 2. The average molecular weight is 1290 g/mol. The van der Waals surface area contributed by atoms with Gasteiger partial charge in [-0.05, 0) is 159 Å². The topological polar surface area (TPSA) is 238 Å². The van der Waals surface area contributed by atoms with Crippen LogP contribution in [0.15, 0.2) is 48.5 Å². The zero-order valence-corrected chi connectivity index (χ0v) is 58.8. The summed E-state index contributed by atoms with van der Waals surface area (Å²) in [7, 11) is 0. The number of nitrogens with zero attached hydrogens (tertiary/aromatic N) is 22. The number of aromatic nitrogens is 16. The molecule has 13 rings (SSSR count). The van der Waals surface area contributed by atoms with Gasteiger partial charge < -0.3 is 49.2 Å². The summed E-state index contributed by atoms with van der Waals surface area (Å²) < 4.78 is 0. The van der Waals surface area contributed by atoms with Crippen molar-refractivity contribution >= 4 is 135 Å². The molecule has 0 spiro atoms. The molecule has 2 N–H and O–H groups in total. The number of aromatic amines is 2. The number of hydrogen-bond acceptors (Lipinski definition) is 22. The van der Waals surface area contributed by atoms with Gasteiger partial charge in [0.1, 0.15) is 22.6 Å². The summed E-state index contributed by atoms with van der Waals surface area (Å²) in [5, 5.41) is 3.09. The lowest BCUT2D eigenvalue weighted by molar-refractivity contribution is 0.807. The van der Waals surface area contributed by atoms with Crippen LogP contribution in [0.4, 0.5) is 46.5 Å². The Morgan fingerprint density at radius 2 is 0.344 bits per heavy atom. The second-order valence-electron chi connectivity index (χ2n) is 24.0. The summed E-state index contributed by atoms with van der Waals surface area (Å²) in [6.45, 7) is 46.7. The van der Waals surface area contributed by atoms with Crippen molar-refractivity contribution in [2.24, 2.45) is 0 Å². The third-order valence-electron chi connectivity index (χ3n) is 19.3. The molecule has 0 radical (unpaired) electrons. The molecule has 0 saturated heterocycles. The molecule has 2 aliphatic heterocycles. The smallest absolute Gasteiger partial charge is 0.172 e. The maximum Gasteiger partial charge on any atom is 0.172 e. The average Bonchev–Trinajstić information content (AvgIpc) is 1.50. The minimum absolute atomic E-state index is 0.431. The van der Waals surface area contributed by atoms with Gasteiger partial charge >= 0.3 is 0 Å². The maximum atomic E-state index is 5.60. The van der Waals surface area contributed by atoms with E-state index in [1.165, 1.54) is 0 Å². The van der Waals surface area contributed by atoms with E-state index >= 15 is 0 Å². The molecule has 0 unspecified atom stereocenters. The molecule has 0 amide bonds. The van der Waals surface area contributed by atoms with Crippen molar-refractivity contribution in [3.05, 3.63) is 48.5 Å². The largest absolute Gasteiger partial charge is 0.354 e. The van der Waals surface area contributed by atoms with Crippen LogP contribution in [-0.2, 0) is 0 Å². The van der Waals surface area contributed by atoms with Crippen molar-refractivity contribution in [3.8, 4) is 45.6 Å². The summed E-state index contributed by atoms with van der Waals surface area (Å²) >= 11 is 0. The highest BCUT2D eigenvalue weighted by atomic mass is 15.3. The molecule has 0 atom stereocenters. The zero-order valence-electron chi connectivity index (χ0n) is 58.8. The summed E-state index contributed by atoms with van der Waals surface area (Å²) in [6.07, 6.45) is 0. The molecule has 2 aliphatic rings. The zero-order chi connectivity index (χ0) is 67.4. The molecular weight excluding hydrogens is 1200 g/mol. The summed E-state index contributed by atoms with van der Waals surface area (Å²) in [5.74, 6) is 8.36. The predicted molar refractivity (Wildman–Crippen MR) is 397 cm³/mol. The van der Waals surface area contributed by atoms with E-state index in [0.717, 1.165) is 217 Å². The molecule has 24 heteroatoms. The van der Waals surface area contributed by atoms with Crippen molar-refractivity contribution in [2.75, 3.05) is 144 Å². The number of rotatable bonds is 24. The van der Waals surface area contributed by atoms with Gasteiger partial charge in [0, 0.05) is 149 Å². The first kappa shape index (κ1) is 64.7. The van der Waals surface area contributed by atoms with Gasteiger partial charge in [-0.2, -0.15) is 0 Å².